The molecule has 1 fully saturated rings. The Kier molecular flexibility index (Phi) is 9.26. The molecule has 1 aliphatic rings. The molecule has 2 aromatic rings. The third-order valence-corrected chi connectivity index (χ3v) is 5.47. The molecule has 0 saturated carbocycles. The summed E-state index contributed by atoms with van der Waals surface area (Å²) >= 11 is 0. The molecule has 0 radical (unpaired) electrons. The van der Waals surface area contributed by atoms with Gasteiger partial charge in [-0.15, -0.1) is 0 Å². The average molecular weight is 465 g/mol. The molecule has 1 aliphatic heterocycles. The van der Waals surface area contributed by atoms with E-state index in [1.54, 1.807) is 36.4 Å². The number of barbiturate groups is 1. The SMILES string of the molecule is CCCCCCCCOc1ccc(/C=C2/C(=O)NC(=O)N(c3ccc(OCC)cc3)C2=O)cc1. The van der Waals surface area contributed by atoms with Crippen LogP contribution in [0.3, 0.4) is 0 Å². The fraction of sp³-hybridized carbons (Fsp3) is 0.370. The van der Waals surface area contributed by atoms with Crippen molar-refractivity contribution in [3.63, 3.8) is 0 Å². The van der Waals surface area contributed by atoms with Crippen LogP contribution in [0.1, 0.15) is 57.9 Å². The maximum Gasteiger partial charge on any atom is 0.335 e. The van der Waals surface area contributed by atoms with Gasteiger partial charge in [0.2, 0.25) is 0 Å². The molecule has 0 spiro atoms. The molecule has 0 unspecified atom stereocenters. The molecule has 7 nitrogen and oxygen atoms in total. The number of carbonyl (C=O) groups is 3. The first-order valence-electron chi connectivity index (χ1n) is 11.9. The summed E-state index contributed by atoms with van der Waals surface area (Å²) in [5.41, 5.74) is 0.892. The van der Waals surface area contributed by atoms with Crippen LogP contribution in [0.5, 0.6) is 11.5 Å². The zero-order chi connectivity index (χ0) is 24.3. The number of hydrogen-bond acceptors (Lipinski definition) is 5. The van der Waals surface area contributed by atoms with E-state index in [0.717, 1.165) is 23.5 Å². The van der Waals surface area contributed by atoms with Gasteiger partial charge in [0, 0.05) is 0 Å². The molecule has 1 saturated heterocycles. The first-order chi connectivity index (χ1) is 16.5. The highest BCUT2D eigenvalue weighted by Gasteiger charge is 2.36. The highest BCUT2D eigenvalue weighted by Crippen LogP contribution is 2.25. The predicted molar refractivity (Wildman–Crippen MR) is 132 cm³/mol. The Morgan fingerprint density at radius 1 is 0.794 bits per heavy atom. The number of nitrogens with zero attached hydrogens (tertiary/aromatic N) is 1. The molecule has 1 N–H and O–H groups in total. The van der Waals surface area contributed by atoms with Gasteiger partial charge < -0.3 is 9.47 Å². The third kappa shape index (κ3) is 6.70. The standard InChI is InChI=1S/C27H32N2O5/c1-3-5-6-7-8-9-18-34-23-14-10-20(11-15-23)19-24-25(30)28-27(32)29(26(24)31)21-12-16-22(17-13-21)33-4-2/h10-17,19H,3-9,18H2,1-2H3,(H,28,30,32)/b24-19-. The topological polar surface area (TPSA) is 84.9 Å². The Hall–Kier alpha value is -3.61. The summed E-state index contributed by atoms with van der Waals surface area (Å²) in [6.07, 6.45) is 8.67. The molecule has 0 aromatic heterocycles. The molecule has 0 bridgehead atoms. The van der Waals surface area contributed by atoms with E-state index in [1.807, 2.05) is 19.1 Å². The normalized spacial score (nSPS) is 14.9. The number of carbonyl (C=O) groups excluding carboxylic acids is 3. The van der Waals surface area contributed by atoms with Crippen molar-refractivity contribution < 1.29 is 23.9 Å². The first kappa shape index (κ1) is 25.0. The lowest BCUT2D eigenvalue weighted by atomic mass is 10.1. The van der Waals surface area contributed by atoms with E-state index in [0.29, 0.717) is 30.2 Å². The monoisotopic (exact) mass is 464 g/mol. The number of nitrogens with one attached hydrogen (secondary N) is 1. The number of rotatable bonds is 12. The fourth-order valence-electron chi connectivity index (χ4n) is 3.65. The average Bonchev–Trinajstić information content (AvgIpc) is 2.83. The zero-order valence-corrected chi connectivity index (χ0v) is 19.8. The lowest BCUT2D eigenvalue weighted by molar-refractivity contribution is -0.122. The van der Waals surface area contributed by atoms with Gasteiger partial charge in [-0.05, 0) is 61.4 Å². The van der Waals surface area contributed by atoms with Crippen LogP contribution in [0, 0.1) is 0 Å². The van der Waals surface area contributed by atoms with Gasteiger partial charge in [0.15, 0.2) is 0 Å². The van der Waals surface area contributed by atoms with Gasteiger partial charge in [-0.25, -0.2) is 9.69 Å². The van der Waals surface area contributed by atoms with Crippen molar-refractivity contribution in [2.24, 2.45) is 0 Å². The molecule has 4 amide bonds. The lowest BCUT2D eigenvalue weighted by Crippen LogP contribution is -2.54. The zero-order valence-electron chi connectivity index (χ0n) is 19.8. The maximum absolute atomic E-state index is 13.0. The van der Waals surface area contributed by atoms with E-state index >= 15 is 0 Å². The molecule has 34 heavy (non-hydrogen) atoms. The van der Waals surface area contributed by atoms with E-state index in [4.69, 9.17) is 9.47 Å². The highest BCUT2D eigenvalue weighted by atomic mass is 16.5. The number of urea groups is 1. The number of benzene rings is 2. The summed E-state index contributed by atoms with van der Waals surface area (Å²) in [4.78, 5) is 38.7. The Morgan fingerprint density at radius 2 is 1.41 bits per heavy atom. The Balaban J connectivity index is 1.64. The van der Waals surface area contributed by atoms with Gasteiger partial charge in [0.05, 0.1) is 18.9 Å². The number of ether oxygens (including phenoxy) is 2. The van der Waals surface area contributed by atoms with Crippen molar-refractivity contribution in [2.75, 3.05) is 18.1 Å². The minimum atomic E-state index is -0.783. The molecular formula is C27H32N2O5. The van der Waals surface area contributed by atoms with Gasteiger partial charge in [-0.1, -0.05) is 51.2 Å². The second-order valence-corrected chi connectivity index (χ2v) is 8.07. The van der Waals surface area contributed by atoms with Crippen molar-refractivity contribution in [3.05, 3.63) is 59.7 Å². The molecular weight excluding hydrogens is 432 g/mol. The molecule has 7 heteroatoms. The summed E-state index contributed by atoms with van der Waals surface area (Å²) in [7, 11) is 0. The minimum absolute atomic E-state index is 0.116. The number of imide groups is 2. The molecule has 2 aromatic carbocycles. The van der Waals surface area contributed by atoms with Crippen LogP contribution in [0.15, 0.2) is 54.1 Å². The molecule has 1 heterocycles. The van der Waals surface area contributed by atoms with Crippen LogP contribution < -0.4 is 19.7 Å². The third-order valence-electron chi connectivity index (χ3n) is 5.47. The lowest BCUT2D eigenvalue weighted by Gasteiger charge is -2.26. The van der Waals surface area contributed by atoms with E-state index in [2.05, 4.69) is 12.2 Å². The van der Waals surface area contributed by atoms with E-state index < -0.39 is 17.8 Å². The summed E-state index contributed by atoms with van der Waals surface area (Å²) in [6, 6.07) is 12.9. The van der Waals surface area contributed by atoms with Crippen LogP contribution >= 0.6 is 0 Å². The van der Waals surface area contributed by atoms with Crippen molar-refractivity contribution in [3.8, 4) is 11.5 Å². The second kappa shape index (κ2) is 12.6. The number of anilines is 1. The summed E-state index contributed by atoms with van der Waals surface area (Å²) < 4.78 is 11.2. The Labute approximate surface area is 200 Å². The van der Waals surface area contributed by atoms with E-state index in [1.165, 1.54) is 31.8 Å². The van der Waals surface area contributed by atoms with Crippen molar-refractivity contribution in [1.82, 2.24) is 5.32 Å². The maximum atomic E-state index is 13.0. The van der Waals surface area contributed by atoms with E-state index in [-0.39, 0.29) is 5.57 Å². The van der Waals surface area contributed by atoms with Crippen molar-refractivity contribution >= 4 is 29.6 Å². The molecule has 0 atom stereocenters. The summed E-state index contributed by atoms with van der Waals surface area (Å²) in [5, 5.41) is 2.24. The number of amides is 4. The van der Waals surface area contributed by atoms with Gasteiger partial charge in [0.25, 0.3) is 11.8 Å². The molecule has 180 valence electrons. The van der Waals surface area contributed by atoms with Crippen molar-refractivity contribution in [2.45, 2.75) is 52.4 Å². The van der Waals surface area contributed by atoms with E-state index in [9.17, 15) is 14.4 Å². The van der Waals surface area contributed by atoms with Gasteiger partial charge >= 0.3 is 6.03 Å². The first-order valence-corrected chi connectivity index (χ1v) is 11.9. The number of hydrogen-bond donors (Lipinski definition) is 1. The summed E-state index contributed by atoms with van der Waals surface area (Å²) in [5.74, 6) is -0.0371. The highest BCUT2D eigenvalue weighted by molar-refractivity contribution is 6.39. The van der Waals surface area contributed by atoms with Crippen LogP contribution in [0.25, 0.3) is 6.08 Å². The van der Waals surface area contributed by atoms with Gasteiger partial charge in [0.1, 0.15) is 17.1 Å². The van der Waals surface area contributed by atoms with Crippen LogP contribution in [0.2, 0.25) is 0 Å². The van der Waals surface area contributed by atoms with Crippen molar-refractivity contribution in [1.29, 1.82) is 0 Å². The predicted octanol–water partition coefficient (Wildman–Crippen LogP) is 5.49. The smallest absolute Gasteiger partial charge is 0.335 e. The number of unbranched alkanes of at least 4 members (excludes halogenated alkanes) is 5. The largest absolute Gasteiger partial charge is 0.494 e. The summed E-state index contributed by atoms with van der Waals surface area (Å²) in [6.45, 7) is 5.24. The van der Waals surface area contributed by atoms with Gasteiger partial charge in [-0.3, -0.25) is 14.9 Å². The fourth-order valence-corrected chi connectivity index (χ4v) is 3.65. The Morgan fingerprint density at radius 3 is 2.09 bits per heavy atom. The Bertz CT molecular complexity index is 1010. The molecule has 0 aliphatic carbocycles. The molecule has 3 rings (SSSR count). The van der Waals surface area contributed by atoms with Gasteiger partial charge in [-0.2, -0.15) is 0 Å². The quantitative estimate of drug-likeness (QED) is 0.255. The second-order valence-electron chi connectivity index (χ2n) is 8.07. The van der Waals surface area contributed by atoms with Crippen LogP contribution in [0.4, 0.5) is 10.5 Å². The minimum Gasteiger partial charge on any atom is -0.494 e. The van der Waals surface area contributed by atoms with Crippen LogP contribution in [-0.4, -0.2) is 31.1 Å². The van der Waals surface area contributed by atoms with Crippen LogP contribution in [-0.2, 0) is 9.59 Å².